The molecule has 0 saturated heterocycles. The Morgan fingerprint density at radius 2 is 2.21 bits per heavy atom. The SMILES string of the molecule is CC(C)(CCO)OCC(NP)C(=O)O. The van der Waals surface area contributed by atoms with Gasteiger partial charge < -0.3 is 14.9 Å². The molecular weight excluding hydrogens is 205 g/mol. The molecule has 0 amide bonds. The van der Waals surface area contributed by atoms with E-state index >= 15 is 0 Å². The first-order valence-corrected chi connectivity index (χ1v) is 4.94. The van der Waals surface area contributed by atoms with Gasteiger partial charge in [0.25, 0.3) is 0 Å². The molecule has 0 aliphatic carbocycles. The topological polar surface area (TPSA) is 78.8 Å². The third-order valence-electron chi connectivity index (χ3n) is 1.85. The van der Waals surface area contributed by atoms with Crippen LogP contribution in [0, 0.1) is 0 Å². The van der Waals surface area contributed by atoms with E-state index in [-0.39, 0.29) is 13.2 Å². The van der Waals surface area contributed by atoms with Gasteiger partial charge in [-0.3, -0.25) is 9.88 Å². The fraction of sp³-hybridized carbons (Fsp3) is 0.875. The molecule has 0 rings (SSSR count). The molecule has 0 aromatic heterocycles. The molecule has 0 bridgehead atoms. The van der Waals surface area contributed by atoms with E-state index in [9.17, 15) is 4.79 Å². The van der Waals surface area contributed by atoms with Gasteiger partial charge in [-0.1, -0.05) is 9.39 Å². The lowest BCUT2D eigenvalue weighted by Crippen LogP contribution is -2.39. The summed E-state index contributed by atoms with van der Waals surface area (Å²) in [6.07, 6.45) is 0.482. The van der Waals surface area contributed by atoms with Crippen molar-refractivity contribution in [2.24, 2.45) is 0 Å². The summed E-state index contributed by atoms with van der Waals surface area (Å²) in [6, 6.07) is -0.738. The van der Waals surface area contributed by atoms with E-state index in [2.05, 4.69) is 14.5 Å². The molecule has 2 unspecified atom stereocenters. The highest BCUT2D eigenvalue weighted by Crippen LogP contribution is 2.14. The molecule has 3 N–H and O–H groups in total. The monoisotopic (exact) mass is 223 g/mol. The Labute approximate surface area is 86.1 Å². The maximum atomic E-state index is 10.6. The zero-order chi connectivity index (χ0) is 11.2. The van der Waals surface area contributed by atoms with E-state index in [4.69, 9.17) is 14.9 Å². The van der Waals surface area contributed by atoms with E-state index in [0.29, 0.717) is 6.42 Å². The highest BCUT2D eigenvalue weighted by Gasteiger charge is 2.22. The summed E-state index contributed by atoms with van der Waals surface area (Å²) < 4.78 is 5.37. The lowest BCUT2D eigenvalue weighted by atomic mass is 10.1. The Bertz CT molecular complexity index is 186. The number of rotatable bonds is 7. The van der Waals surface area contributed by atoms with Gasteiger partial charge in [0.2, 0.25) is 0 Å². The van der Waals surface area contributed by atoms with Gasteiger partial charge in [-0.05, 0) is 20.3 Å². The number of hydrogen-bond acceptors (Lipinski definition) is 4. The van der Waals surface area contributed by atoms with E-state index in [1.165, 1.54) is 0 Å². The summed E-state index contributed by atoms with van der Waals surface area (Å²) >= 11 is 0. The lowest BCUT2D eigenvalue weighted by molar-refractivity contribution is -0.142. The molecule has 0 aliphatic heterocycles. The predicted molar refractivity (Wildman–Crippen MR) is 56.0 cm³/mol. The Kier molecular flexibility index (Phi) is 6.20. The Morgan fingerprint density at radius 1 is 1.64 bits per heavy atom. The smallest absolute Gasteiger partial charge is 0.323 e. The molecule has 5 nitrogen and oxygen atoms in total. The highest BCUT2D eigenvalue weighted by atomic mass is 31.0. The van der Waals surface area contributed by atoms with E-state index in [1.54, 1.807) is 0 Å². The van der Waals surface area contributed by atoms with Crippen molar-refractivity contribution in [2.45, 2.75) is 31.9 Å². The summed E-state index contributed by atoms with van der Waals surface area (Å²) in [5.41, 5.74) is -0.496. The molecule has 0 spiro atoms. The van der Waals surface area contributed by atoms with Crippen molar-refractivity contribution in [2.75, 3.05) is 13.2 Å². The van der Waals surface area contributed by atoms with Crippen LogP contribution in [-0.2, 0) is 9.53 Å². The average Bonchev–Trinajstić information content (AvgIpc) is 2.04. The largest absolute Gasteiger partial charge is 0.480 e. The third kappa shape index (κ3) is 5.50. The maximum Gasteiger partial charge on any atom is 0.323 e. The van der Waals surface area contributed by atoms with Crippen LogP contribution in [0.15, 0.2) is 0 Å². The first-order chi connectivity index (χ1) is 6.43. The Balaban J connectivity index is 3.95. The van der Waals surface area contributed by atoms with E-state index in [1.807, 2.05) is 13.8 Å². The molecule has 84 valence electrons. The fourth-order valence-electron chi connectivity index (χ4n) is 0.841. The zero-order valence-corrected chi connectivity index (χ0v) is 9.64. The van der Waals surface area contributed by atoms with Crippen LogP contribution in [0.1, 0.15) is 20.3 Å². The van der Waals surface area contributed by atoms with Gasteiger partial charge in [0.1, 0.15) is 6.04 Å². The van der Waals surface area contributed by atoms with Crippen molar-refractivity contribution in [1.29, 1.82) is 0 Å². The number of aliphatic hydroxyl groups is 1. The molecule has 0 heterocycles. The minimum Gasteiger partial charge on any atom is -0.480 e. The fourth-order valence-corrected chi connectivity index (χ4v) is 1.08. The summed E-state index contributed by atoms with van der Waals surface area (Å²) in [6.45, 7) is 3.72. The van der Waals surface area contributed by atoms with Crippen molar-refractivity contribution >= 4 is 15.4 Å². The van der Waals surface area contributed by atoms with Gasteiger partial charge in [0, 0.05) is 6.61 Å². The maximum absolute atomic E-state index is 10.6. The minimum atomic E-state index is -0.959. The van der Waals surface area contributed by atoms with Crippen molar-refractivity contribution in [3.8, 4) is 0 Å². The number of ether oxygens (including phenoxy) is 1. The normalized spacial score (nSPS) is 14.0. The number of carboxylic acid groups (broad SMARTS) is 1. The number of carbonyl (C=O) groups is 1. The third-order valence-corrected chi connectivity index (χ3v) is 2.26. The van der Waals surface area contributed by atoms with Gasteiger partial charge in [-0.25, -0.2) is 0 Å². The molecule has 2 atom stereocenters. The quantitative estimate of drug-likeness (QED) is 0.529. The molecule has 6 heteroatoms. The van der Waals surface area contributed by atoms with Gasteiger partial charge in [-0.2, -0.15) is 0 Å². The number of aliphatic carboxylic acids is 1. The van der Waals surface area contributed by atoms with Crippen LogP contribution < -0.4 is 5.09 Å². The van der Waals surface area contributed by atoms with Crippen LogP contribution in [-0.4, -0.2) is 41.0 Å². The predicted octanol–water partition coefficient (Wildman–Crippen LogP) is -0.00310. The summed E-state index contributed by atoms with van der Waals surface area (Å²) in [7, 11) is 2.14. The Hall–Kier alpha value is -0.220. The van der Waals surface area contributed by atoms with Gasteiger partial charge >= 0.3 is 5.97 Å². The number of aliphatic hydroxyl groups excluding tert-OH is 1. The van der Waals surface area contributed by atoms with E-state index < -0.39 is 17.6 Å². The van der Waals surface area contributed by atoms with Crippen LogP contribution in [0.25, 0.3) is 0 Å². The molecule has 0 aliphatic rings. The van der Waals surface area contributed by atoms with Gasteiger partial charge in [0.15, 0.2) is 0 Å². The van der Waals surface area contributed by atoms with Crippen LogP contribution in [0.3, 0.4) is 0 Å². The summed E-state index contributed by atoms with van der Waals surface area (Å²) in [4.78, 5) is 10.6. The molecular formula is C8H18NO4P. The van der Waals surface area contributed by atoms with Crippen LogP contribution >= 0.6 is 9.39 Å². The minimum absolute atomic E-state index is 0.0268. The molecule has 0 saturated carbocycles. The second-order valence-corrected chi connectivity index (χ2v) is 3.94. The van der Waals surface area contributed by atoms with Gasteiger partial charge in [-0.15, -0.1) is 0 Å². The van der Waals surface area contributed by atoms with Crippen LogP contribution in [0.2, 0.25) is 0 Å². The van der Waals surface area contributed by atoms with Crippen molar-refractivity contribution in [1.82, 2.24) is 5.09 Å². The summed E-state index contributed by atoms with van der Waals surface area (Å²) in [5, 5.41) is 20.0. The number of carboxylic acids is 1. The first kappa shape index (κ1) is 13.8. The number of nitrogens with one attached hydrogen (secondary N) is 1. The first-order valence-electron chi connectivity index (χ1n) is 4.36. The highest BCUT2D eigenvalue weighted by molar-refractivity contribution is 7.13. The van der Waals surface area contributed by atoms with Crippen molar-refractivity contribution in [3.05, 3.63) is 0 Å². The second kappa shape index (κ2) is 6.30. The second-order valence-electron chi connectivity index (χ2n) is 3.60. The standard InChI is InChI=1S/C8H18NO4P/c1-8(2,3-4-10)13-5-6(9-14)7(11)12/h6,9-10H,3-5,14H2,1-2H3,(H,11,12). The molecule has 0 radical (unpaired) electrons. The van der Waals surface area contributed by atoms with Crippen molar-refractivity contribution < 1.29 is 19.7 Å². The van der Waals surface area contributed by atoms with Crippen LogP contribution in [0.5, 0.6) is 0 Å². The molecule has 0 aromatic rings. The van der Waals surface area contributed by atoms with E-state index in [0.717, 1.165) is 0 Å². The average molecular weight is 223 g/mol. The molecule has 0 fully saturated rings. The summed E-state index contributed by atoms with van der Waals surface area (Å²) in [5.74, 6) is -0.959. The zero-order valence-electron chi connectivity index (χ0n) is 8.49. The van der Waals surface area contributed by atoms with Crippen LogP contribution in [0.4, 0.5) is 0 Å². The molecule has 14 heavy (non-hydrogen) atoms. The molecule has 0 aromatic carbocycles. The van der Waals surface area contributed by atoms with Crippen molar-refractivity contribution in [3.63, 3.8) is 0 Å². The lowest BCUT2D eigenvalue weighted by Gasteiger charge is -2.26. The van der Waals surface area contributed by atoms with Gasteiger partial charge in [0.05, 0.1) is 12.2 Å². The Morgan fingerprint density at radius 3 is 2.57 bits per heavy atom. The number of hydrogen-bond donors (Lipinski definition) is 3.